The number of aliphatic hydroxyl groups excluding tert-OH is 1. The van der Waals surface area contributed by atoms with Gasteiger partial charge < -0.3 is 35.4 Å². The summed E-state index contributed by atoms with van der Waals surface area (Å²) in [6, 6.07) is 8.24. The average Bonchev–Trinajstić information content (AvgIpc) is 3.70. The molecule has 1 saturated carbocycles. The Labute approximate surface area is 339 Å². The molecule has 14 heteroatoms. The van der Waals surface area contributed by atoms with Gasteiger partial charge in [-0.15, -0.1) is 11.3 Å². The fraction of sp³-hybridized carbons (Fsp3) is 0.674. The molecule has 1 aromatic heterocycles. The summed E-state index contributed by atoms with van der Waals surface area (Å²) in [6.07, 6.45) is 1.89. The molecule has 2 aromatic rings. The van der Waals surface area contributed by atoms with Gasteiger partial charge in [0, 0.05) is 49.7 Å². The predicted molar refractivity (Wildman–Crippen MR) is 213 cm³/mol. The van der Waals surface area contributed by atoms with E-state index in [2.05, 4.69) is 48.2 Å². The molecule has 13 nitrogen and oxygen atoms in total. The number of fused-ring (bicyclic) bond motifs is 2. The van der Waals surface area contributed by atoms with E-state index in [1.165, 1.54) is 15.3 Å². The number of aryl methyl sites for hydroxylation is 1. The summed E-state index contributed by atoms with van der Waals surface area (Å²) in [7, 11) is 0. The molecule has 312 valence electrons. The second kappa shape index (κ2) is 16.3. The van der Waals surface area contributed by atoms with Crippen molar-refractivity contribution in [3.63, 3.8) is 0 Å². The van der Waals surface area contributed by atoms with Crippen LogP contribution in [-0.2, 0) is 45.0 Å². The maximum absolute atomic E-state index is 14.1. The molecule has 2 bridgehead atoms. The Hall–Kier alpha value is -3.40. The normalized spacial score (nSPS) is 33.9. The molecule has 5 saturated heterocycles. The molecule has 11 atom stereocenters. The first-order chi connectivity index (χ1) is 27.0. The molecule has 57 heavy (non-hydrogen) atoms. The molecule has 5 aliphatic heterocycles. The van der Waals surface area contributed by atoms with Crippen molar-refractivity contribution in [2.75, 3.05) is 13.1 Å². The first-order valence-electron chi connectivity index (χ1n) is 20.6. The van der Waals surface area contributed by atoms with Crippen molar-refractivity contribution in [3.8, 4) is 10.4 Å². The number of benzene rings is 1. The summed E-state index contributed by atoms with van der Waals surface area (Å²) < 4.78 is 13.0. The number of β-amino-alcohol motifs (C(OH)–C–C–N with tert-alkyl or cyclic N) is 1. The first-order valence-corrected chi connectivity index (χ1v) is 21.5. The van der Waals surface area contributed by atoms with Gasteiger partial charge in [0.15, 0.2) is 11.9 Å². The lowest BCUT2D eigenvalue weighted by Crippen LogP contribution is -2.70. The van der Waals surface area contributed by atoms with Crippen LogP contribution in [0.15, 0.2) is 35.7 Å². The van der Waals surface area contributed by atoms with E-state index in [0.717, 1.165) is 30.4 Å². The van der Waals surface area contributed by atoms with Gasteiger partial charge >= 0.3 is 0 Å². The zero-order valence-corrected chi connectivity index (χ0v) is 35.1. The summed E-state index contributed by atoms with van der Waals surface area (Å²) in [5.41, 5.74) is 1.83. The number of ether oxygens (including phenoxy) is 2. The zero-order chi connectivity index (χ0) is 40.9. The standard InChI is InChI=1S/C43H60N4O9S/c1-24-8-13-31-26(3)33(53-40-43(31)30(24)14-17-42(7,54-40)55-56-43)21-35(50)44-18-15-34(49)46-37(41(4,5)6)39(52)47-23-29(48)20-32(47)38(51)45-22-27-9-11-28(12-10-27)36-25(2)16-19-57-36/h9-12,16,19,24,26,29-33,37,40,48H,8,13-15,17-18,20-23H2,1-7H3,(H,44,50)(H,45,51)(H,46,49). The average molecular weight is 809 g/mol. The summed E-state index contributed by atoms with van der Waals surface area (Å²) in [4.78, 5) is 68.8. The van der Waals surface area contributed by atoms with Gasteiger partial charge in [0.25, 0.3) is 0 Å². The molecule has 1 spiro atoms. The Morgan fingerprint density at radius 1 is 1.00 bits per heavy atom. The Bertz CT molecular complexity index is 1810. The number of hydrogen-bond donors (Lipinski definition) is 4. The number of amides is 4. The second-order valence-electron chi connectivity index (χ2n) is 18.4. The van der Waals surface area contributed by atoms with E-state index in [1.54, 1.807) is 11.3 Å². The van der Waals surface area contributed by atoms with Crippen LogP contribution >= 0.6 is 11.3 Å². The molecule has 1 aliphatic carbocycles. The monoisotopic (exact) mass is 808 g/mol. The van der Waals surface area contributed by atoms with E-state index in [0.29, 0.717) is 12.3 Å². The third kappa shape index (κ3) is 8.40. The molecule has 6 fully saturated rings. The number of nitrogens with zero attached hydrogens (tertiary/aromatic N) is 1. The minimum absolute atomic E-state index is 0.0148. The van der Waals surface area contributed by atoms with Crippen LogP contribution in [0.1, 0.15) is 97.6 Å². The molecule has 6 heterocycles. The van der Waals surface area contributed by atoms with Crippen LogP contribution in [0.5, 0.6) is 0 Å². The number of thiophene rings is 1. The Morgan fingerprint density at radius 3 is 2.46 bits per heavy atom. The van der Waals surface area contributed by atoms with E-state index in [1.807, 2.05) is 52.0 Å². The summed E-state index contributed by atoms with van der Waals surface area (Å²) >= 11 is 1.68. The number of carbonyl (C=O) groups is 4. The summed E-state index contributed by atoms with van der Waals surface area (Å²) in [5, 5.41) is 21.3. The largest absolute Gasteiger partial charge is 0.391 e. The van der Waals surface area contributed by atoms with E-state index in [-0.39, 0.29) is 68.5 Å². The molecular weight excluding hydrogens is 749 g/mol. The van der Waals surface area contributed by atoms with Crippen LogP contribution < -0.4 is 16.0 Å². The number of hydrogen-bond acceptors (Lipinski definition) is 10. The van der Waals surface area contributed by atoms with Crippen LogP contribution in [0.4, 0.5) is 0 Å². The van der Waals surface area contributed by atoms with Crippen molar-refractivity contribution in [1.29, 1.82) is 0 Å². The van der Waals surface area contributed by atoms with Crippen LogP contribution in [0.3, 0.4) is 0 Å². The van der Waals surface area contributed by atoms with Gasteiger partial charge in [-0.3, -0.25) is 19.2 Å². The summed E-state index contributed by atoms with van der Waals surface area (Å²) in [6.45, 7) is 14.2. The smallest absolute Gasteiger partial charge is 0.246 e. The Morgan fingerprint density at radius 2 is 1.75 bits per heavy atom. The van der Waals surface area contributed by atoms with Gasteiger partial charge in [-0.25, -0.2) is 9.78 Å². The van der Waals surface area contributed by atoms with Gasteiger partial charge in [-0.1, -0.05) is 58.9 Å². The molecule has 4 amide bonds. The van der Waals surface area contributed by atoms with Gasteiger partial charge in [-0.2, -0.15) is 0 Å². The quantitative estimate of drug-likeness (QED) is 0.229. The van der Waals surface area contributed by atoms with Gasteiger partial charge in [0.05, 0.1) is 18.6 Å². The lowest BCUT2D eigenvalue weighted by atomic mass is 9.57. The van der Waals surface area contributed by atoms with Crippen molar-refractivity contribution in [2.45, 2.75) is 142 Å². The predicted octanol–water partition coefficient (Wildman–Crippen LogP) is 4.98. The molecule has 8 rings (SSSR count). The van der Waals surface area contributed by atoms with Crippen molar-refractivity contribution in [3.05, 3.63) is 46.8 Å². The minimum atomic E-state index is -0.969. The fourth-order valence-electron chi connectivity index (χ4n) is 9.89. The molecule has 1 aromatic carbocycles. The molecule has 0 radical (unpaired) electrons. The fourth-order valence-corrected chi connectivity index (χ4v) is 10.8. The molecule has 6 aliphatic rings. The third-order valence-electron chi connectivity index (χ3n) is 13.2. The number of rotatable bonds is 11. The van der Waals surface area contributed by atoms with E-state index in [9.17, 15) is 24.3 Å². The number of carbonyl (C=O) groups excluding carboxylic acids is 4. The van der Waals surface area contributed by atoms with Crippen LogP contribution in [0.25, 0.3) is 10.4 Å². The van der Waals surface area contributed by atoms with Crippen LogP contribution in [0, 0.1) is 36.0 Å². The van der Waals surface area contributed by atoms with E-state index < -0.39 is 59.2 Å². The maximum Gasteiger partial charge on any atom is 0.246 e. The van der Waals surface area contributed by atoms with Crippen molar-refractivity contribution in [2.24, 2.45) is 29.1 Å². The number of likely N-dealkylation sites (tertiary alicyclic amines) is 1. The lowest BCUT2D eigenvalue weighted by molar-refractivity contribution is -0.570. The maximum atomic E-state index is 14.1. The van der Waals surface area contributed by atoms with Crippen molar-refractivity contribution in [1.82, 2.24) is 20.9 Å². The highest BCUT2D eigenvalue weighted by molar-refractivity contribution is 7.13. The van der Waals surface area contributed by atoms with Crippen LogP contribution in [0.2, 0.25) is 0 Å². The summed E-state index contributed by atoms with van der Waals surface area (Å²) in [5.74, 6) is -1.56. The SMILES string of the molecule is Cc1ccsc1-c1ccc(CNC(=O)C2CC(O)CN2C(=O)C(NC(=O)CCNC(=O)CC2OC3OC4(C)CCC5C(C)CCC(C2C)C35OO4)C(C)(C)C)cc1. The highest BCUT2D eigenvalue weighted by Gasteiger charge is 2.69. The minimum Gasteiger partial charge on any atom is -0.391 e. The number of aliphatic hydroxyl groups is 1. The van der Waals surface area contributed by atoms with Crippen LogP contribution in [-0.4, -0.2) is 88.7 Å². The van der Waals surface area contributed by atoms with Crippen molar-refractivity contribution < 1.29 is 43.5 Å². The molecular formula is C43H60N4O9S. The lowest BCUT2D eigenvalue weighted by Gasteiger charge is -2.60. The van der Waals surface area contributed by atoms with E-state index >= 15 is 0 Å². The first kappa shape index (κ1) is 41.7. The van der Waals surface area contributed by atoms with E-state index in [4.69, 9.17) is 19.2 Å². The zero-order valence-electron chi connectivity index (χ0n) is 34.3. The molecule has 11 unspecified atom stereocenters. The van der Waals surface area contributed by atoms with Gasteiger partial charge in [0.2, 0.25) is 29.4 Å². The highest BCUT2D eigenvalue weighted by atomic mass is 32.1. The van der Waals surface area contributed by atoms with Crippen molar-refractivity contribution >= 4 is 35.0 Å². The highest BCUT2D eigenvalue weighted by Crippen LogP contribution is 2.60. The third-order valence-corrected chi connectivity index (χ3v) is 14.2. The molecule has 4 N–H and O–H groups in total. The topological polar surface area (TPSA) is 165 Å². The second-order valence-corrected chi connectivity index (χ2v) is 19.3. The van der Waals surface area contributed by atoms with Gasteiger partial charge in [0.1, 0.15) is 12.1 Å². The van der Waals surface area contributed by atoms with Gasteiger partial charge in [-0.05, 0) is 84.4 Å². The Balaban J connectivity index is 0.910. The Kier molecular flexibility index (Phi) is 12.0. The number of nitrogens with one attached hydrogen (secondary N) is 3.